The normalized spacial score (nSPS) is 32.5. The maximum atomic E-state index is 14.6. The van der Waals surface area contributed by atoms with Gasteiger partial charge in [0.15, 0.2) is 0 Å². The third-order valence-electron chi connectivity index (χ3n) is 9.45. The van der Waals surface area contributed by atoms with Gasteiger partial charge in [0.2, 0.25) is 17.7 Å². The molecule has 41 heavy (non-hydrogen) atoms. The van der Waals surface area contributed by atoms with Crippen LogP contribution in [0.3, 0.4) is 0 Å². The molecule has 3 amide bonds. The number of aliphatic hydroxyl groups excluding tert-OH is 1. The Labute approximate surface area is 242 Å². The van der Waals surface area contributed by atoms with E-state index >= 15 is 0 Å². The first kappa shape index (κ1) is 29.3. The van der Waals surface area contributed by atoms with E-state index in [-0.39, 0.29) is 36.3 Å². The van der Waals surface area contributed by atoms with Crippen LogP contribution in [-0.2, 0) is 19.1 Å². The van der Waals surface area contributed by atoms with Gasteiger partial charge in [-0.05, 0) is 57.9 Å². The molecule has 4 heterocycles. The predicted molar refractivity (Wildman–Crippen MR) is 155 cm³/mol. The predicted octanol–water partition coefficient (Wildman–Crippen LogP) is 3.17. The summed E-state index contributed by atoms with van der Waals surface area (Å²) in [5.41, 5.74) is -1.76. The molecule has 1 aromatic rings. The van der Waals surface area contributed by atoms with Gasteiger partial charge in [0.05, 0.1) is 36.7 Å². The molecule has 0 aromatic heterocycles. The molecule has 0 bridgehead atoms. The Morgan fingerprint density at radius 3 is 2.27 bits per heavy atom. The van der Waals surface area contributed by atoms with E-state index in [0.29, 0.717) is 37.6 Å². The van der Waals surface area contributed by atoms with Crippen LogP contribution in [0.2, 0.25) is 0 Å². The number of rotatable bonds is 8. The van der Waals surface area contributed by atoms with Gasteiger partial charge in [-0.15, -0.1) is 0 Å². The lowest BCUT2D eigenvalue weighted by molar-refractivity contribution is -0.156. The van der Waals surface area contributed by atoms with Gasteiger partial charge in [0, 0.05) is 24.8 Å². The largest absolute Gasteiger partial charge is 0.494 e. The Morgan fingerprint density at radius 1 is 0.976 bits per heavy atom. The molecule has 1 unspecified atom stereocenters. The van der Waals surface area contributed by atoms with Crippen molar-refractivity contribution in [2.75, 3.05) is 31.2 Å². The Kier molecular flexibility index (Phi) is 7.80. The van der Waals surface area contributed by atoms with Crippen molar-refractivity contribution in [2.45, 2.75) is 77.3 Å². The van der Waals surface area contributed by atoms with Crippen LogP contribution < -0.4 is 9.64 Å². The number of nitrogens with zero attached hydrogens (tertiary/aromatic N) is 3. The Balaban J connectivity index is 1.63. The third kappa shape index (κ3) is 4.48. The number of carbonyl (C=O) groups excluding carboxylic acids is 3. The summed E-state index contributed by atoms with van der Waals surface area (Å²) in [5, 5.41) is 10.5. The SMILES string of the molecule is CCOc1ccc(N2CC=C[C@]3(C)O[C@]45C=CCN(C(C)C)C(=O)C4N([C@@H](CO)[C@@H](C)CC)C(=O)[C@@H]5[C@@H]3C2=O)cc1. The fourth-order valence-electron chi connectivity index (χ4n) is 7.24. The van der Waals surface area contributed by atoms with Crippen molar-refractivity contribution in [2.24, 2.45) is 17.8 Å². The van der Waals surface area contributed by atoms with E-state index in [1.54, 1.807) is 14.7 Å². The monoisotopic (exact) mass is 565 g/mol. The van der Waals surface area contributed by atoms with Crippen LogP contribution >= 0.6 is 0 Å². The quantitative estimate of drug-likeness (QED) is 0.486. The van der Waals surface area contributed by atoms with Crippen LogP contribution in [-0.4, -0.2) is 88.3 Å². The molecule has 0 radical (unpaired) electrons. The van der Waals surface area contributed by atoms with E-state index in [1.165, 1.54) is 0 Å². The lowest BCUT2D eigenvalue weighted by atomic mass is 9.74. The lowest BCUT2D eigenvalue weighted by Crippen LogP contribution is -2.60. The molecule has 1 N–H and O–H groups in total. The zero-order chi connectivity index (χ0) is 29.7. The maximum Gasteiger partial charge on any atom is 0.249 e. The number of aliphatic hydroxyl groups is 1. The minimum absolute atomic E-state index is 0.0659. The minimum Gasteiger partial charge on any atom is -0.494 e. The van der Waals surface area contributed by atoms with Crippen molar-refractivity contribution in [1.29, 1.82) is 0 Å². The smallest absolute Gasteiger partial charge is 0.249 e. The second-order valence-electron chi connectivity index (χ2n) is 12.1. The molecule has 4 aliphatic rings. The number of fused-ring (bicyclic) bond motifs is 2. The molecule has 1 aromatic carbocycles. The van der Waals surface area contributed by atoms with Crippen LogP contribution in [0, 0.1) is 17.8 Å². The van der Waals surface area contributed by atoms with Crippen LogP contribution in [0.1, 0.15) is 48.0 Å². The summed E-state index contributed by atoms with van der Waals surface area (Å²) in [7, 11) is 0. The molecule has 222 valence electrons. The lowest BCUT2D eigenvalue weighted by Gasteiger charge is -2.42. The van der Waals surface area contributed by atoms with Gasteiger partial charge < -0.3 is 29.3 Å². The van der Waals surface area contributed by atoms with E-state index in [9.17, 15) is 19.5 Å². The summed E-state index contributed by atoms with van der Waals surface area (Å²) in [5.74, 6) is -1.92. The second-order valence-corrected chi connectivity index (χ2v) is 12.1. The topological polar surface area (TPSA) is 99.6 Å². The average molecular weight is 566 g/mol. The van der Waals surface area contributed by atoms with Gasteiger partial charge in [-0.25, -0.2) is 0 Å². The van der Waals surface area contributed by atoms with Gasteiger partial charge >= 0.3 is 0 Å². The van der Waals surface area contributed by atoms with E-state index in [1.807, 2.05) is 90.1 Å². The highest BCUT2D eigenvalue weighted by molar-refractivity contribution is 6.04. The van der Waals surface area contributed by atoms with Crippen molar-refractivity contribution in [3.63, 3.8) is 0 Å². The highest BCUT2D eigenvalue weighted by Gasteiger charge is 2.75. The fraction of sp³-hybridized carbons (Fsp3) is 0.594. The fourth-order valence-corrected chi connectivity index (χ4v) is 7.24. The zero-order valence-corrected chi connectivity index (χ0v) is 24.9. The first-order valence-corrected chi connectivity index (χ1v) is 14.9. The number of likely N-dealkylation sites (tertiary alicyclic amines) is 1. The Hall–Kier alpha value is -3.17. The first-order chi connectivity index (χ1) is 19.5. The second kappa shape index (κ2) is 10.9. The molecule has 4 aliphatic heterocycles. The zero-order valence-electron chi connectivity index (χ0n) is 24.9. The summed E-state index contributed by atoms with van der Waals surface area (Å²) in [6.07, 6.45) is 8.25. The van der Waals surface area contributed by atoms with Gasteiger partial charge in [-0.1, -0.05) is 44.6 Å². The summed E-state index contributed by atoms with van der Waals surface area (Å²) in [6, 6.07) is 5.67. The maximum absolute atomic E-state index is 14.6. The molecule has 9 heteroatoms. The van der Waals surface area contributed by atoms with Crippen LogP contribution in [0.5, 0.6) is 5.75 Å². The van der Waals surface area contributed by atoms with E-state index in [4.69, 9.17) is 9.47 Å². The molecule has 7 atom stereocenters. The third-order valence-corrected chi connectivity index (χ3v) is 9.45. The van der Waals surface area contributed by atoms with Crippen LogP contribution in [0.25, 0.3) is 0 Å². The molecule has 0 aliphatic carbocycles. The number of anilines is 1. The van der Waals surface area contributed by atoms with Crippen LogP contribution in [0.15, 0.2) is 48.6 Å². The van der Waals surface area contributed by atoms with Crippen molar-refractivity contribution >= 4 is 23.4 Å². The molecule has 0 saturated carbocycles. The van der Waals surface area contributed by atoms with E-state index < -0.39 is 35.1 Å². The molecule has 5 rings (SSSR count). The summed E-state index contributed by atoms with van der Waals surface area (Å²) >= 11 is 0. The van der Waals surface area contributed by atoms with Crippen molar-refractivity contribution < 1.29 is 29.0 Å². The number of ether oxygens (including phenoxy) is 2. The Morgan fingerprint density at radius 2 is 1.66 bits per heavy atom. The Bertz CT molecular complexity index is 1240. The summed E-state index contributed by atoms with van der Waals surface area (Å²) < 4.78 is 12.5. The highest BCUT2D eigenvalue weighted by atomic mass is 16.5. The standard InChI is InChI=1S/C32H43N3O6/c1-7-21(5)24(19-36)35-27-30(39)33(20(3)4)17-10-16-32(27)26(29(35)38)25-28(37)34(18-9-15-31(25,6)41-32)22-11-13-23(14-12-22)40-8-2/h9-16,20-21,24-27,36H,7-8,17-19H2,1-6H3/t21-,24-,25+,26-,27?,31-,32-/m0/s1. The summed E-state index contributed by atoms with van der Waals surface area (Å²) in [4.78, 5) is 48.5. The molecule has 1 spiro atoms. The molecule has 2 fully saturated rings. The molecular formula is C32H43N3O6. The van der Waals surface area contributed by atoms with E-state index in [0.717, 1.165) is 0 Å². The number of amides is 3. The molecule has 9 nitrogen and oxygen atoms in total. The van der Waals surface area contributed by atoms with Crippen molar-refractivity contribution in [1.82, 2.24) is 9.80 Å². The van der Waals surface area contributed by atoms with Gasteiger partial charge in [0.1, 0.15) is 17.4 Å². The number of benzene rings is 1. The highest BCUT2D eigenvalue weighted by Crippen LogP contribution is 2.58. The number of hydrogen-bond acceptors (Lipinski definition) is 6. The van der Waals surface area contributed by atoms with Crippen LogP contribution in [0.4, 0.5) is 5.69 Å². The number of carbonyl (C=O) groups is 3. The molecular weight excluding hydrogens is 522 g/mol. The van der Waals surface area contributed by atoms with Crippen molar-refractivity contribution in [3.05, 3.63) is 48.6 Å². The van der Waals surface area contributed by atoms with Gasteiger partial charge in [0.25, 0.3) is 0 Å². The number of hydrogen-bond donors (Lipinski definition) is 1. The first-order valence-electron chi connectivity index (χ1n) is 14.9. The summed E-state index contributed by atoms with van der Waals surface area (Å²) in [6.45, 7) is 12.6. The minimum atomic E-state index is -1.35. The van der Waals surface area contributed by atoms with Gasteiger partial charge in [-0.3, -0.25) is 14.4 Å². The molecule has 2 saturated heterocycles. The average Bonchev–Trinajstić information content (AvgIpc) is 3.20. The van der Waals surface area contributed by atoms with E-state index in [2.05, 4.69) is 0 Å². The van der Waals surface area contributed by atoms with Crippen molar-refractivity contribution in [3.8, 4) is 5.75 Å². The van der Waals surface area contributed by atoms with Gasteiger partial charge in [-0.2, -0.15) is 0 Å².